The number of alkyl halides is 9. The number of aromatic nitrogens is 3. The molecule has 0 aliphatic carbocycles. The predicted molar refractivity (Wildman–Crippen MR) is 108 cm³/mol. The van der Waals surface area contributed by atoms with Gasteiger partial charge >= 0.3 is 0 Å². The fraction of sp³-hybridized carbons (Fsp3) is 0.700. The molecule has 0 amide bonds. The molecule has 14 heteroatoms. The topological polar surface area (TPSA) is 41.9 Å². The van der Waals surface area contributed by atoms with Crippen LogP contribution in [0.2, 0.25) is 0 Å². The van der Waals surface area contributed by atoms with Gasteiger partial charge in [-0.3, -0.25) is 4.31 Å². The van der Waals surface area contributed by atoms with Gasteiger partial charge in [-0.15, -0.1) is 0 Å². The number of unbranched alkanes of at least 4 members (excludes halogenated alkanes) is 1. The summed E-state index contributed by atoms with van der Waals surface area (Å²) in [6.45, 7) is 2.43. The summed E-state index contributed by atoms with van der Waals surface area (Å²) in [6, 6.07) is 0. The molecule has 0 atom stereocenters. The maximum absolute atomic E-state index is 5.84. The lowest BCUT2D eigenvalue weighted by molar-refractivity contribution is 0.774. The maximum atomic E-state index is 5.84. The first-order valence-corrected chi connectivity index (χ1v) is 10.4. The van der Waals surface area contributed by atoms with Gasteiger partial charge in [0.15, 0.2) is 11.6 Å². The molecule has 138 valence electrons. The van der Waals surface area contributed by atoms with Crippen LogP contribution in [0.4, 0.5) is 5.95 Å². The first-order valence-electron chi connectivity index (χ1n) is 6.18. The van der Waals surface area contributed by atoms with Gasteiger partial charge < -0.3 is 0 Å². The third kappa shape index (κ3) is 8.20. The molecular weight excluding hydrogens is 527 g/mol. The largest absolute Gasteiger partial charge is 0.281 e. The van der Waals surface area contributed by atoms with E-state index in [9.17, 15) is 0 Å². The lowest BCUT2D eigenvalue weighted by atomic mass is 10.3. The minimum absolute atomic E-state index is 0.0393. The van der Waals surface area contributed by atoms with Gasteiger partial charge in [-0.25, -0.2) is 4.98 Å². The van der Waals surface area contributed by atoms with Crippen LogP contribution >= 0.6 is 116 Å². The molecule has 1 aromatic rings. The molecule has 24 heavy (non-hydrogen) atoms. The molecule has 4 nitrogen and oxygen atoms in total. The number of halogens is 9. The Morgan fingerprint density at radius 1 is 0.833 bits per heavy atom. The van der Waals surface area contributed by atoms with Gasteiger partial charge in [0.2, 0.25) is 13.5 Å². The molecule has 1 heterocycles. The van der Waals surface area contributed by atoms with Crippen molar-refractivity contribution in [2.75, 3.05) is 10.8 Å². The smallest absolute Gasteiger partial charge is 0.256 e. The normalized spacial score (nSPS) is 13.2. The molecule has 1 rings (SSSR count). The Balaban J connectivity index is 3.40. The van der Waals surface area contributed by atoms with Crippen LogP contribution in [0.15, 0.2) is 0 Å². The Morgan fingerprint density at radius 2 is 1.29 bits per heavy atom. The SMILES string of the molecule is CCCCN(SC(Cl)(Cl)Cl)c1nc(C(Cl)(Cl)Cl)nc(C(Cl)(Cl)Cl)n1. The Morgan fingerprint density at radius 3 is 1.62 bits per heavy atom. The zero-order chi connectivity index (χ0) is 18.8. The van der Waals surface area contributed by atoms with E-state index in [0.717, 1.165) is 24.8 Å². The molecule has 0 saturated heterocycles. The molecule has 0 fully saturated rings. The average molecular weight is 536 g/mol. The van der Waals surface area contributed by atoms with E-state index in [-0.39, 0.29) is 17.6 Å². The Kier molecular flexibility index (Phi) is 9.24. The van der Waals surface area contributed by atoms with Crippen molar-refractivity contribution in [1.82, 2.24) is 15.0 Å². The number of hydrogen-bond donors (Lipinski definition) is 0. The molecule has 1 aromatic heterocycles. The van der Waals surface area contributed by atoms with Gasteiger partial charge in [0.05, 0.1) is 0 Å². The molecule has 0 bridgehead atoms. The summed E-state index contributed by atoms with van der Waals surface area (Å²) in [6.07, 6.45) is 1.63. The van der Waals surface area contributed by atoms with Crippen LogP contribution in [0.5, 0.6) is 0 Å². The van der Waals surface area contributed by atoms with Crippen molar-refractivity contribution in [2.45, 2.75) is 30.5 Å². The highest BCUT2D eigenvalue weighted by atomic mass is 35.6. The summed E-state index contributed by atoms with van der Waals surface area (Å²) in [5.74, 6) is -0.395. The molecule has 0 aromatic carbocycles. The van der Waals surface area contributed by atoms with Crippen molar-refractivity contribution in [1.29, 1.82) is 0 Å². The maximum Gasteiger partial charge on any atom is 0.256 e. The summed E-state index contributed by atoms with van der Waals surface area (Å²) in [7, 11) is 0. The van der Waals surface area contributed by atoms with Gasteiger partial charge in [0.25, 0.3) is 3.12 Å². The monoisotopic (exact) mass is 532 g/mol. The number of nitrogens with zero attached hydrogens (tertiary/aromatic N) is 4. The van der Waals surface area contributed by atoms with Crippen molar-refractivity contribution in [3.63, 3.8) is 0 Å². The van der Waals surface area contributed by atoms with Crippen LogP contribution in [0, 0.1) is 0 Å². The van der Waals surface area contributed by atoms with Crippen LogP contribution in [0.3, 0.4) is 0 Å². The van der Waals surface area contributed by atoms with E-state index in [1.54, 1.807) is 0 Å². The van der Waals surface area contributed by atoms with Crippen LogP contribution < -0.4 is 4.31 Å². The van der Waals surface area contributed by atoms with Crippen molar-refractivity contribution in [3.05, 3.63) is 11.6 Å². The van der Waals surface area contributed by atoms with Gasteiger partial charge in [-0.1, -0.05) is 118 Å². The zero-order valence-electron chi connectivity index (χ0n) is 11.7. The van der Waals surface area contributed by atoms with E-state index >= 15 is 0 Å². The van der Waals surface area contributed by atoms with Gasteiger partial charge in [0, 0.05) is 18.5 Å². The minimum atomic E-state index is -1.95. The highest BCUT2D eigenvalue weighted by Crippen LogP contribution is 2.44. The van der Waals surface area contributed by atoms with Crippen molar-refractivity contribution >= 4 is 122 Å². The van der Waals surface area contributed by atoms with Crippen molar-refractivity contribution < 1.29 is 0 Å². The highest BCUT2D eigenvalue weighted by molar-refractivity contribution is 8.05. The van der Waals surface area contributed by atoms with Crippen LogP contribution in [-0.2, 0) is 7.59 Å². The average Bonchev–Trinajstić information content (AvgIpc) is 2.39. The molecule has 0 aliphatic heterocycles. The van der Waals surface area contributed by atoms with E-state index in [0.29, 0.717) is 6.54 Å². The second-order valence-corrected chi connectivity index (χ2v) is 13.0. The van der Waals surface area contributed by atoms with E-state index in [1.165, 1.54) is 4.31 Å². The van der Waals surface area contributed by atoms with Gasteiger partial charge in [-0.05, 0) is 6.42 Å². The number of hydrogen-bond acceptors (Lipinski definition) is 5. The second kappa shape index (κ2) is 9.31. The molecule has 0 aliphatic rings. The summed E-state index contributed by atoms with van der Waals surface area (Å²) in [4.78, 5) is 12.1. The molecule has 0 spiro atoms. The first-order chi connectivity index (χ1) is 10.7. The molecule has 0 N–H and O–H groups in total. The van der Waals surface area contributed by atoms with E-state index in [1.807, 2.05) is 6.92 Å². The summed E-state index contributed by atoms with van der Waals surface area (Å²) >= 11 is 53.4. The lowest BCUT2D eigenvalue weighted by Crippen LogP contribution is -2.26. The summed E-state index contributed by atoms with van der Waals surface area (Å²) in [5, 5.41) is 0. The standard InChI is InChI=1S/C10H9Cl9N4S/c1-2-3-4-23(24-10(17,18)19)7-21-5(8(11,12)13)20-6(22-7)9(14,15)16/h2-4H2,1H3. The summed E-state index contributed by atoms with van der Waals surface area (Å²) < 4.78 is -4.06. The Bertz CT molecular complexity index is 522. The molecule has 0 unspecified atom stereocenters. The number of anilines is 1. The van der Waals surface area contributed by atoms with Crippen LogP contribution in [0.25, 0.3) is 0 Å². The minimum Gasteiger partial charge on any atom is -0.281 e. The first kappa shape index (κ1) is 23.8. The predicted octanol–water partition coefficient (Wildman–Crippen LogP) is 7.11. The quantitative estimate of drug-likeness (QED) is 0.297. The van der Waals surface area contributed by atoms with Crippen molar-refractivity contribution in [3.8, 4) is 0 Å². The van der Waals surface area contributed by atoms with Crippen LogP contribution in [0.1, 0.15) is 31.4 Å². The third-order valence-corrected chi connectivity index (χ3v) is 4.69. The van der Waals surface area contributed by atoms with Gasteiger partial charge in [0.1, 0.15) is 0 Å². The summed E-state index contributed by atoms with van der Waals surface area (Å²) in [5.41, 5.74) is 0. The molecule has 0 radical (unpaired) electrons. The molecule has 0 saturated carbocycles. The lowest BCUT2D eigenvalue weighted by Gasteiger charge is -2.26. The van der Waals surface area contributed by atoms with E-state index in [2.05, 4.69) is 15.0 Å². The Labute approximate surface area is 188 Å². The third-order valence-electron chi connectivity index (χ3n) is 2.28. The number of rotatable bonds is 5. The second-order valence-electron chi connectivity index (χ2n) is 4.27. The zero-order valence-corrected chi connectivity index (χ0v) is 19.3. The van der Waals surface area contributed by atoms with Crippen molar-refractivity contribution in [2.24, 2.45) is 0 Å². The fourth-order valence-corrected chi connectivity index (χ4v) is 3.23. The highest BCUT2D eigenvalue weighted by Gasteiger charge is 2.36. The van der Waals surface area contributed by atoms with Gasteiger partial charge in [-0.2, -0.15) is 9.97 Å². The Hall–Kier alpha value is 1.77. The molecular formula is C10H9Cl9N4S. The fourth-order valence-electron chi connectivity index (χ4n) is 1.34. The van der Waals surface area contributed by atoms with Crippen LogP contribution in [-0.4, -0.2) is 24.6 Å². The van der Waals surface area contributed by atoms with E-state index in [4.69, 9.17) is 104 Å². The van der Waals surface area contributed by atoms with E-state index < -0.39 is 10.7 Å².